The molecule has 0 amide bonds. The third-order valence-electron chi connectivity index (χ3n) is 7.38. The van der Waals surface area contributed by atoms with Crippen molar-refractivity contribution in [3.8, 4) is 11.1 Å². The number of aliphatic hydroxyl groups excluding tert-OH is 2. The fourth-order valence-electron chi connectivity index (χ4n) is 5.37. The second kappa shape index (κ2) is 9.99. The zero-order chi connectivity index (χ0) is 23.1. The zero-order valence-electron chi connectivity index (χ0n) is 19.1. The first-order chi connectivity index (χ1) is 16.6. The summed E-state index contributed by atoms with van der Waals surface area (Å²) in [6.07, 6.45) is 6.60. The Kier molecular flexibility index (Phi) is 6.80. The van der Waals surface area contributed by atoms with Gasteiger partial charge in [-0.05, 0) is 46.2 Å². The van der Waals surface area contributed by atoms with Crippen molar-refractivity contribution >= 4 is 22.6 Å². The molecular formula is C29H34N4O2. The van der Waals surface area contributed by atoms with Crippen molar-refractivity contribution < 1.29 is 10.2 Å². The van der Waals surface area contributed by atoms with E-state index < -0.39 is 0 Å². The van der Waals surface area contributed by atoms with Gasteiger partial charge in [0.2, 0.25) is 0 Å². The number of nitrogens with zero attached hydrogens (tertiary/aromatic N) is 2. The number of hydrogen-bond acceptors (Lipinski definition) is 6. The van der Waals surface area contributed by atoms with Crippen LogP contribution in [0.2, 0.25) is 0 Å². The molecule has 6 nitrogen and oxygen atoms in total. The van der Waals surface area contributed by atoms with E-state index in [-0.39, 0.29) is 31.7 Å². The molecule has 0 unspecified atom stereocenters. The SMILES string of the molecule is C.O[C@@H]1CN[C@H](C2=NC=C(c3ccc(-c4ccc(C5=CN=C([C@@H]6C[C@H](O)CN6)C5)cc4)cc3)C2)C1. The van der Waals surface area contributed by atoms with Gasteiger partial charge in [0.05, 0.1) is 12.2 Å². The van der Waals surface area contributed by atoms with E-state index in [1.54, 1.807) is 0 Å². The van der Waals surface area contributed by atoms with E-state index in [1.807, 2.05) is 12.4 Å². The van der Waals surface area contributed by atoms with Gasteiger partial charge in [-0.1, -0.05) is 56.0 Å². The van der Waals surface area contributed by atoms with Gasteiger partial charge in [0.1, 0.15) is 0 Å². The monoisotopic (exact) mass is 470 g/mol. The van der Waals surface area contributed by atoms with Crippen LogP contribution in [0.1, 0.15) is 44.2 Å². The van der Waals surface area contributed by atoms with Gasteiger partial charge in [0, 0.05) is 61.8 Å². The van der Waals surface area contributed by atoms with Crippen molar-refractivity contribution in [3.63, 3.8) is 0 Å². The lowest BCUT2D eigenvalue weighted by molar-refractivity contribution is 0.195. The van der Waals surface area contributed by atoms with Gasteiger partial charge in [0.25, 0.3) is 0 Å². The van der Waals surface area contributed by atoms with E-state index in [0.717, 1.165) is 37.1 Å². The minimum atomic E-state index is -0.264. The van der Waals surface area contributed by atoms with Crippen LogP contribution in [0.5, 0.6) is 0 Å². The first-order valence-corrected chi connectivity index (χ1v) is 12.2. The Bertz CT molecular complexity index is 1100. The molecular weight excluding hydrogens is 436 g/mol. The van der Waals surface area contributed by atoms with Crippen LogP contribution in [0.25, 0.3) is 22.3 Å². The van der Waals surface area contributed by atoms with E-state index in [4.69, 9.17) is 0 Å². The minimum Gasteiger partial charge on any atom is -0.392 e. The highest BCUT2D eigenvalue weighted by molar-refractivity contribution is 6.02. The number of allylic oxidation sites excluding steroid dienone is 2. The maximum absolute atomic E-state index is 9.77. The molecule has 4 N–H and O–H groups in total. The van der Waals surface area contributed by atoms with Crippen molar-refractivity contribution in [3.05, 3.63) is 72.1 Å². The topological polar surface area (TPSA) is 89.2 Å². The molecule has 0 bridgehead atoms. The summed E-state index contributed by atoms with van der Waals surface area (Å²) in [5.74, 6) is 0. The average molecular weight is 471 g/mol. The Hall–Kier alpha value is -2.90. The van der Waals surface area contributed by atoms with Gasteiger partial charge in [-0.2, -0.15) is 0 Å². The summed E-state index contributed by atoms with van der Waals surface area (Å²) in [5.41, 5.74) is 9.49. The summed E-state index contributed by atoms with van der Waals surface area (Å²) in [6, 6.07) is 17.8. The summed E-state index contributed by atoms with van der Waals surface area (Å²) in [6.45, 7) is 1.31. The van der Waals surface area contributed by atoms with E-state index >= 15 is 0 Å². The molecule has 2 aromatic rings. The molecule has 0 saturated carbocycles. The van der Waals surface area contributed by atoms with Crippen LogP contribution in [0.3, 0.4) is 0 Å². The molecule has 35 heavy (non-hydrogen) atoms. The largest absolute Gasteiger partial charge is 0.392 e. The molecule has 4 heterocycles. The third kappa shape index (κ3) is 4.93. The van der Waals surface area contributed by atoms with Crippen LogP contribution in [0.15, 0.2) is 70.9 Å². The Morgan fingerprint density at radius 1 is 0.600 bits per heavy atom. The van der Waals surface area contributed by atoms with Gasteiger partial charge >= 0.3 is 0 Å². The molecule has 2 saturated heterocycles. The zero-order valence-corrected chi connectivity index (χ0v) is 19.1. The second-order valence-corrected chi connectivity index (χ2v) is 9.76. The highest BCUT2D eigenvalue weighted by Crippen LogP contribution is 2.31. The number of nitrogens with one attached hydrogen (secondary N) is 2. The predicted molar refractivity (Wildman–Crippen MR) is 143 cm³/mol. The number of β-amino-alcohol motifs (C(OH)–C–C–N with tert-alkyl or cyclic N) is 2. The van der Waals surface area contributed by atoms with Crippen molar-refractivity contribution in [1.82, 2.24) is 10.6 Å². The van der Waals surface area contributed by atoms with Crippen LogP contribution < -0.4 is 10.6 Å². The second-order valence-electron chi connectivity index (χ2n) is 9.76. The van der Waals surface area contributed by atoms with E-state index in [1.165, 1.54) is 33.4 Å². The smallest absolute Gasteiger partial charge is 0.0683 e. The molecule has 6 rings (SSSR count). The summed E-state index contributed by atoms with van der Waals surface area (Å²) >= 11 is 0. The summed E-state index contributed by atoms with van der Waals surface area (Å²) in [7, 11) is 0. The molecule has 2 aromatic carbocycles. The highest BCUT2D eigenvalue weighted by atomic mass is 16.3. The van der Waals surface area contributed by atoms with Gasteiger partial charge < -0.3 is 20.8 Å². The first-order valence-electron chi connectivity index (χ1n) is 12.2. The summed E-state index contributed by atoms with van der Waals surface area (Å²) < 4.78 is 0. The lowest BCUT2D eigenvalue weighted by Crippen LogP contribution is -2.29. The standard InChI is InChI=1S/C28H30N4O2.CH4/c33-23-11-27(31-15-23)25-9-21(13-29-25)19-5-1-17(2-6-19)18-3-7-20(8-4-18)22-10-26(30-14-22)28-12-24(34)16-32-28;/h1-8,13-14,23-24,27-28,31-34H,9-12,15-16H2;1H4/t23-,24-,27-,28-;/m0./s1. The maximum Gasteiger partial charge on any atom is 0.0683 e. The van der Waals surface area contributed by atoms with Crippen LogP contribution >= 0.6 is 0 Å². The Morgan fingerprint density at radius 2 is 0.971 bits per heavy atom. The van der Waals surface area contributed by atoms with Crippen molar-refractivity contribution in [1.29, 1.82) is 0 Å². The van der Waals surface area contributed by atoms with Gasteiger partial charge in [0.15, 0.2) is 0 Å². The maximum atomic E-state index is 9.77. The van der Waals surface area contributed by atoms with Crippen LogP contribution in [-0.4, -0.2) is 59.0 Å². The van der Waals surface area contributed by atoms with Crippen molar-refractivity contribution in [2.75, 3.05) is 13.1 Å². The number of benzene rings is 2. The molecule has 2 fully saturated rings. The lowest BCUT2D eigenvalue weighted by atomic mass is 9.95. The number of aliphatic imine (C=N–C) groups is 2. The Labute approximate surface area is 207 Å². The predicted octanol–water partition coefficient (Wildman–Crippen LogP) is 3.81. The van der Waals surface area contributed by atoms with Crippen LogP contribution in [0.4, 0.5) is 0 Å². The minimum absolute atomic E-state index is 0. The van der Waals surface area contributed by atoms with E-state index in [0.29, 0.717) is 13.1 Å². The summed E-state index contributed by atoms with van der Waals surface area (Å²) in [5, 5.41) is 26.3. The highest BCUT2D eigenvalue weighted by Gasteiger charge is 2.29. The molecule has 4 aliphatic rings. The molecule has 0 spiro atoms. The lowest BCUT2D eigenvalue weighted by Gasteiger charge is -2.12. The molecule has 0 aliphatic carbocycles. The van der Waals surface area contributed by atoms with E-state index in [2.05, 4.69) is 69.1 Å². The first kappa shape index (κ1) is 23.8. The van der Waals surface area contributed by atoms with Gasteiger partial charge in [-0.3, -0.25) is 9.98 Å². The molecule has 4 aliphatic heterocycles. The van der Waals surface area contributed by atoms with Crippen molar-refractivity contribution in [2.45, 2.75) is 57.4 Å². The molecule has 0 aromatic heterocycles. The normalized spacial score (nSPS) is 27.8. The van der Waals surface area contributed by atoms with Crippen LogP contribution in [0, 0.1) is 0 Å². The van der Waals surface area contributed by atoms with Gasteiger partial charge in [-0.15, -0.1) is 0 Å². The Morgan fingerprint density at radius 3 is 1.31 bits per heavy atom. The van der Waals surface area contributed by atoms with Crippen molar-refractivity contribution in [2.24, 2.45) is 9.98 Å². The van der Waals surface area contributed by atoms with Crippen LogP contribution in [-0.2, 0) is 0 Å². The average Bonchev–Trinajstić information content (AvgIpc) is 3.66. The molecule has 4 atom stereocenters. The molecule has 6 heteroatoms. The quantitative estimate of drug-likeness (QED) is 0.535. The summed E-state index contributed by atoms with van der Waals surface area (Å²) in [4.78, 5) is 9.24. The van der Waals surface area contributed by atoms with E-state index in [9.17, 15) is 10.2 Å². The number of aliphatic hydroxyl groups is 2. The van der Waals surface area contributed by atoms with Gasteiger partial charge in [-0.25, -0.2) is 0 Å². The fourth-order valence-corrected chi connectivity index (χ4v) is 5.37. The number of rotatable bonds is 5. The molecule has 182 valence electrons. The number of hydrogen-bond donors (Lipinski definition) is 4. The molecule has 0 radical (unpaired) electrons. The third-order valence-corrected chi connectivity index (χ3v) is 7.38. The fraction of sp³-hybridized carbons (Fsp3) is 0.379. The Balaban J connectivity index is 0.00000253.